The quantitative estimate of drug-likeness (QED) is 0.693. The molecule has 0 radical (unpaired) electrons. The number of rotatable bonds is 6. The SMILES string of the molecule is CCOc1ncccc1C(=O)Nc1ccccc1Oc1ccc(C)cc1. The second-order valence-electron chi connectivity index (χ2n) is 5.65. The minimum absolute atomic E-state index is 0.304. The lowest BCUT2D eigenvalue weighted by molar-refractivity contribution is 0.102. The van der Waals surface area contributed by atoms with Crippen molar-refractivity contribution < 1.29 is 14.3 Å². The van der Waals surface area contributed by atoms with Crippen molar-refractivity contribution in [1.82, 2.24) is 4.98 Å². The number of carbonyl (C=O) groups excluding carboxylic acids is 1. The van der Waals surface area contributed by atoms with Crippen molar-refractivity contribution in [2.24, 2.45) is 0 Å². The van der Waals surface area contributed by atoms with Crippen molar-refractivity contribution >= 4 is 11.6 Å². The van der Waals surface area contributed by atoms with E-state index in [4.69, 9.17) is 9.47 Å². The molecule has 5 nitrogen and oxygen atoms in total. The molecule has 0 unspecified atom stereocenters. The van der Waals surface area contributed by atoms with Gasteiger partial charge in [0.05, 0.1) is 12.3 Å². The molecule has 0 bridgehead atoms. The summed E-state index contributed by atoms with van der Waals surface area (Å²) in [6.07, 6.45) is 1.59. The van der Waals surface area contributed by atoms with Gasteiger partial charge in [-0.1, -0.05) is 29.8 Å². The van der Waals surface area contributed by atoms with Gasteiger partial charge in [-0.2, -0.15) is 0 Å². The number of pyridine rings is 1. The Labute approximate surface area is 152 Å². The van der Waals surface area contributed by atoms with Crippen LogP contribution in [0.2, 0.25) is 0 Å². The van der Waals surface area contributed by atoms with Crippen LogP contribution < -0.4 is 14.8 Å². The van der Waals surface area contributed by atoms with Gasteiger partial charge in [-0.3, -0.25) is 4.79 Å². The lowest BCUT2D eigenvalue weighted by Gasteiger charge is -2.13. The van der Waals surface area contributed by atoms with E-state index in [0.717, 1.165) is 5.56 Å². The van der Waals surface area contributed by atoms with Crippen LogP contribution in [-0.4, -0.2) is 17.5 Å². The number of amides is 1. The number of aromatic nitrogens is 1. The molecule has 1 aromatic heterocycles. The smallest absolute Gasteiger partial charge is 0.261 e. The molecule has 26 heavy (non-hydrogen) atoms. The Hall–Kier alpha value is -3.34. The molecule has 1 amide bonds. The Morgan fingerprint density at radius 2 is 1.81 bits per heavy atom. The molecule has 2 aromatic carbocycles. The van der Waals surface area contributed by atoms with E-state index in [2.05, 4.69) is 10.3 Å². The molecule has 132 valence electrons. The van der Waals surface area contributed by atoms with E-state index in [9.17, 15) is 4.79 Å². The number of aryl methyl sites for hydroxylation is 1. The fourth-order valence-electron chi connectivity index (χ4n) is 2.40. The summed E-state index contributed by atoms with van der Waals surface area (Å²) < 4.78 is 11.3. The highest BCUT2D eigenvalue weighted by molar-refractivity contribution is 6.06. The molecule has 0 saturated heterocycles. The number of nitrogens with zero attached hydrogens (tertiary/aromatic N) is 1. The Balaban J connectivity index is 1.82. The number of carbonyl (C=O) groups is 1. The Morgan fingerprint density at radius 1 is 1.04 bits per heavy atom. The fraction of sp³-hybridized carbons (Fsp3) is 0.143. The molecule has 3 aromatic rings. The molecule has 1 heterocycles. The molecular weight excluding hydrogens is 328 g/mol. The second-order valence-corrected chi connectivity index (χ2v) is 5.65. The van der Waals surface area contributed by atoms with Crippen LogP contribution in [0.25, 0.3) is 0 Å². The van der Waals surface area contributed by atoms with Gasteiger partial charge in [0.15, 0.2) is 5.75 Å². The van der Waals surface area contributed by atoms with Crippen LogP contribution in [0.3, 0.4) is 0 Å². The largest absolute Gasteiger partial charge is 0.477 e. The first kappa shape index (κ1) is 17.5. The van der Waals surface area contributed by atoms with E-state index < -0.39 is 0 Å². The average Bonchev–Trinajstić information content (AvgIpc) is 2.66. The molecule has 0 saturated carbocycles. The summed E-state index contributed by atoms with van der Waals surface area (Å²) in [5.41, 5.74) is 2.10. The van der Waals surface area contributed by atoms with Crippen molar-refractivity contribution in [1.29, 1.82) is 0 Å². The highest BCUT2D eigenvalue weighted by Gasteiger charge is 2.15. The van der Waals surface area contributed by atoms with Crippen LogP contribution in [-0.2, 0) is 0 Å². The van der Waals surface area contributed by atoms with Crippen LogP contribution in [0.1, 0.15) is 22.8 Å². The molecular formula is C21H20N2O3. The predicted molar refractivity (Wildman–Crippen MR) is 101 cm³/mol. The highest BCUT2D eigenvalue weighted by Crippen LogP contribution is 2.30. The summed E-state index contributed by atoms with van der Waals surface area (Å²) in [5.74, 6) is 1.27. The fourth-order valence-corrected chi connectivity index (χ4v) is 2.40. The summed E-state index contributed by atoms with van der Waals surface area (Å²) in [6, 6.07) is 18.4. The van der Waals surface area contributed by atoms with E-state index in [1.807, 2.05) is 56.3 Å². The van der Waals surface area contributed by atoms with Gasteiger partial charge in [0.25, 0.3) is 5.91 Å². The molecule has 0 aliphatic heterocycles. The van der Waals surface area contributed by atoms with Gasteiger partial charge >= 0.3 is 0 Å². The maximum absolute atomic E-state index is 12.7. The van der Waals surface area contributed by atoms with E-state index >= 15 is 0 Å². The predicted octanol–water partition coefficient (Wildman–Crippen LogP) is 4.83. The summed E-state index contributed by atoms with van der Waals surface area (Å²) >= 11 is 0. The van der Waals surface area contributed by atoms with Crippen molar-refractivity contribution in [3.63, 3.8) is 0 Å². The lowest BCUT2D eigenvalue weighted by atomic mass is 10.2. The monoisotopic (exact) mass is 348 g/mol. The first-order valence-corrected chi connectivity index (χ1v) is 8.40. The van der Waals surface area contributed by atoms with E-state index in [1.54, 1.807) is 24.4 Å². The number of benzene rings is 2. The van der Waals surface area contributed by atoms with Gasteiger partial charge in [0.1, 0.15) is 11.3 Å². The van der Waals surface area contributed by atoms with E-state index in [0.29, 0.717) is 35.2 Å². The van der Waals surface area contributed by atoms with Crippen molar-refractivity contribution in [2.45, 2.75) is 13.8 Å². The van der Waals surface area contributed by atoms with Gasteiger partial charge in [-0.15, -0.1) is 0 Å². The molecule has 3 rings (SSSR count). The third-order valence-corrected chi connectivity index (χ3v) is 3.68. The van der Waals surface area contributed by atoms with E-state index in [1.165, 1.54) is 0 Å². The van der Waals surface area contributed by atoms with Gasteiger partial charge in [0.2, 0.25) is 5.88 Å². The van der Waals surface area contributed by atoms with Crippen molar-refractivity contribution in [3.8, 4) is 17.4 Å². The molecule has 0 fully saturated rings. The van der Waals surface area contributed by atoms with Crippen LogP contribution >= 0.6 is 0 Å². The normalized spacial score (nSPS) is 10.2. The highest BCUT2D eigenvalue weighted by atomic mass is 16.5. The molecule has 0 aliphatic carbocycles. The number of para-hydroxylation sites is 2. The zero-order chi connectivity index (χ0) is 18.4. The third kappa shape index (κ3) is 4.19. The molecule has 0 aliphatic rings. The molecule has 1 N–H and O–H groups in total. The number of hydrogen-bond acceptors (Lipinski definition) is 4. The standard InChI is InChI=1S/C21H20N2O3/c1-3-25-21-17(7-6-14-22-21)20(24)23-18-8-4-5-9-19(18)26-16-12-10-15(2)11-13-16/h4-14H,3H2,1-2H3,(H,23,24). The maximum Gasteiger partial charge on any atom is 0.261 e. The van der Waals surface area contributed by atoms with Gasteiger partial charge in [-0.05, 0) is 50.2 Å². The average molecular weight is 348 g/mol. The maximum atomic E-state index is 12.7. The first-order chi connectivity index (χ1) is 12.7. The van der Waals surface area contributed by atoms with Crippen LogP contribution in [0.4, 0.5) is 5.69 Å². The van der Waals surface area contributed by atoms with Crippen molar-refractivity contribution in [3.05, 3.63) is 78.0 Å². The zero-order valence-corrected chi connectivity index (χ0v) is 14.7. The summed E-state index contributed by atoms with van der Waals surface area (Å²) in [7, 11) is 0. The molecule has 0 atom stereocenters. The molecule has 5 heteroatoms. The van der Waals surface area contributed by atoms with E-state index in [-0.39, 0.29) is 5.91 Å². The first-order valence-electron chi connectivity index (χ1n) is 8.40. The Morgan fingerprint density at radius 3 is 2.58 bits per heavy atom. The summed E-state index contributed by atoms with van der Waals surface area (Å²) in [4.78, 5) is 16.8. The van der Waals surface area contributed by atoms with Gasteiger partial charge < -0.3 is 14.8 Å². The summed E-state index contributed by atoms with van der Waals surface area (Å²) in [5, 5.41) is 2.87. The Kier molecular flexibility index (Phi) is 5.49. The Bertz CT molecular complexity index is 892. The van der Waals surface area contributed by atoms with Crippen molar-refractivity contribution in [2.75, 3.05) is 11.9 Å². The number of anilines is 1. The minimum Gasteiger partial charge on any atom is -0.477 e. The molecule has 0 spiro atoms. The van der Waals surface area contributed by atoms with Crippen LogP contribution in [0.15, 0.2) is 66.9 Å². The van der Waals surface area contributed by atoms with Gasteiger partial charge in [-0.25, -0.2) is 4.98 Å². The van der Waals surface area contributed by atoms with Crippen LogP contribution in [0, 0.1) is 6.92 Å². The van der Waals surface area contributed by atoms with Crippen LogP contribution in [0.5, 0.6) is 17.4 Å². The zero-order valence-electron chi connectivity index (χ0n) is 14.7. The number of hydrogen-bond donors (Lipinski definition) is 1. The number of ether oxygens (including phenoxy) is 2. The number of nitrogens with one attached hydrogen (secondary N) is 1. The second kappa shape index (κ2) is 8.16. The third-order valence-electron chi connectivity index (χ3n) is 3.68. The summed E-state index contributed by atoms with van der Waals surface area (Å²) in [6.45, 7) is 4.30. The minimum atomic E-state index is -0.304. The lowest BCUT2D eigenvalue weighted by Crippen LogP contribution is -2.14. The van der Waals surface area contributed by atoms with Gasteiger partial charge in [0, 0.05) is 6.20 Å². The topological polar surface area (TPSA) is 60.5 Å².